The fourth-order valence-corrected chi connectivity index (χ4v) is 8.41. The molecule has 2 saturated heterocycles. The molecule has 2 heterocycles. The molecule has 2 aliphatic heterocycles. The maximum Gasteiger partial charge on any atom is 0.190 e. The van der Waals surface area contributed by atoms with E-state index in [9.17, 15) is 0 Å². The topological polar surface area (TPSA) is 81.6 Å². The maximum atomic E-state index is 9.16. The molecule has 5 rings (SSSR count). The van der Waals surface area contributed by atoms with E-state index in [1.54, 1.807) is 19.2 Å². The highest BCUT2D eigenvalue weighted by molar-refractivity contribution is 6.31. The van der Waals surface area contributed by atoms with Gasteiger partial charge in [0.25, 0.3) is 0 Å². The molecule has 4 aliphatic rings. The average Bonchev–Trinajstić information content (AvgIpc) is 3.41. The van der Waals surface area contributed by atoms with Crippen molar-refractivity contribution in [2.45, 2.75) is 84.2 Å². The van der Waals surface area contributed by atoms with Gasteiger partial charge in [-0.3, -0.25) is 4.90 Å². The number of methoxy groups -OCH3 is 1. The van der Waals surface area contributed by atoms with Crippen molar-refractivity contribution in [3.05, 3.63) is 41.1 Å². The third kappa shape index (κ3) is 6.33. The van der Waals surface area contributed by atoms with E-state index in [2.05, 4.69) is 73.0 Å². The van der Waals surface area contributed by atoms with Gasteiger partial charge in [-0.2, -0.15) is 5.26 Å². The number of ether oxygens (including phenoxy) is 2. The molecule has 1 atom stereocenters. The number of hydrogen-bond acceptors (Lipinski definition) is 7. The minimum atomic E-state index is -0.374. The second-order valence-corrected chi connectivity index (χ2v) is 14.6. The molecule has 2 saturated carbocycles. The van der Waals surface area contributed by atoms with E-state index in [1.807, 2.05) is 6.07 Å². The third-order valence-corrected chi connectivity index (χ3v) is 10.7. The van der Waals surface area contributed by atoms with Gasteiger partial charge in [-0.1, -0.05) is 51.8 Å². The highest BCUT2D eigenvalue weighted by atomic mass is 35.5. The predicted octanol–water partition coefficient (Wildman–Crippen LogP) is 4.92. The Labute approximate surface area is 257 Å². The second kappa shape index (κ2) is 12.4. The highest BCUT2D eigenvalue weighted by Gasteiger charge is 2.63. The number of likely N-dealkylation sites (tertiary alicyclic amines) is 1. The molecule has 1 aromatic carbocycles. The van der Waals surface area contributed by atoms with Crippen LogP contribution in [0.15, 0.2) is 30.5 Å². The van der Waals surface area contributed by atoms with Gasteiger partial charge in [-0.05, 0) is 56.7 Å². The zero-order valence-corrected chi connectivity index (χ0v) is 26.7. The number of nitrogens with zero attached hydrogens (tertiary/aromatic N) is 2. The summed E-state index contributed by atoms with van der Waals surface area (Å²) in [6.45, 7) is 18.7. The lowest BCUT2D eigenvalue weighted by molar-refractivity contribution is -0.167. The van der Waals surface area contributed by atoms with Crippen LogP contribution in [-0.4, -0.2) is 69.1 Å². The van der Waals surface area contributed by atoms with Crippen molar-refractivity contribution in [2.75, 3.05) is 39.8 Å². The van der Waals surface area contributed by atoms with Crippen LogP contribution in [-0.2, 0) is 4.74 Å². The van der Waals surface area contributed by atoms with Crippen LogP contribution in [0.1, 0.15) is 65.4 Å². The van der Waals surface area contributed by atoms with Crippen molar-refractivity contribution in [3.8, 4) is 23.7 Å². The van der Waals surface area contributed by atoms with Crippen molar-refractivity contribution in [1.82, 2.24) is 20.9 Å². The Hall–Kier alpha value is -2.26. The van der Waals surface area contributed by atoms with E-state index < -0.39 is 0 Å². The quantitative estimate of drug-likeness (QED) is 0.277. The standard InChI is InChI=1S/C34H48ClN5O2/c1-23(19-38-30-32(2,3)31(33(30,4)5)42-27-13-10-25(18-36)28(35)17-27)39-29(41-6)14-9-24-7-11-26(12-8-24)40-16-15-34(22-40)20-37-21-34/h10,13,17,24,26,29-31,37-39H,1,7-8,11-12,15-16,19-22H2,2-6H3. The van der Waals surface area contributed by atoms with E-state index in [0.29, 0.717) is 34.2 Å². The number of benzene rings is 1. The van der Waals surface area contributed by atoms with Gasteiger partial charge in [0.15, 0.2) is 6.23 Å². The van der Waals surface area contributed by atoms with Crippen LogP contribution in [0.5, 0.6) is 5.75 Å². The van der Waals surface area contributed by atoms with Gasteiger partial charge >= 0.3 is 0 Å². The molecule has 1 aromatic rings. The van der Waals surface area contributed by atoms with E-state index >= 15 is 0 Å². The Kier molecular flexibility index (Phi) is 9.19. The van der Waals surface area contributed by atoms with Crippen molar-refractivity contribution in [3.63, 3.8) is 0 Å². The highest BCUT2D eigenvalue weighted by Crippen LogP contribution is 2.55. The van der Waals surface area contributed by atoms with Crippen molar-refractivity contribution < 1.29 is 9.47 Å². The van der Waals surface area contributed by atoms with Crippen molar-refractivity contribution in [1.29, 1.82) is 5.26 Å². The minimum Gasteiger partial charge on any atom is -0.489 e. The van der Waals surface area contributed by atoms with Crippen LogP contribution in [0.2, 0.25) is 5.02 Å². The summed E-state index contributed by atoms with van der Waals surface area (Å²) in [6, 6.07) is 8.28. The summed E-state index contributed by atoms with van der Waals surface area (Å²) in [5, 5.41) is 20.1. The molecule has 4 fully saturated rings. The lowest BCUT2D eigenvalue weighted by Gasteiger charge is -2.63. The number of rotatable bonds is 9. The van der Waals surface area contributed by atoms with Gasteiger partial charge in [0.1, 0.15) is 17.9 Å². The zero-order valence-electron chi connectivity index (χ0n) is 26.0. The minimum absolute atomic E-state index is 0.0257. The first kappa shape index (κ1) is 31.2. The lowest BCUT2D eigenvalue weighted by Crippen LogP contribution is -2.74. The first-order chi connectivity index (χ1) is 20.0. The SMILES string of the molecule is C=C(CNC1C(C)(C)C(Oc2ccc(C#N)c(Cl)c2)C1(C)C)NC(C#CC1CCC(N2CCC3(CNC3)C2)CC1)OC. The van der Waals surface area contributed by atoms with Gasteiger partial charge in [0.05, 0.1) is 10.6 Å². The van der Waals surface area contributed by atoms with Gasteiger partial charge in [-0.25, -0.2) is 0 Å². The Morgan fingerprint density at radius 1 is 1.19 bits per heavy atom. The molecular weight excluding hydrogens is 546 g/mol. The monoisotopic (exact) mass is 593 g/mol. The van der Waals surface area contributed by atoms with E-state index in [0.717, 1.165) is 11.7 Å². The number of hydrogen-bond donors (Lipinski definition) is 3. The van der Waals surface area contributed by atoms with Crippen LogP contribution in [0.25, 0.3) is 0 Å². The van der Waals surface area contributed by atoms with Crippen molar-refractivity contribution >= 4 is 11.6 Å². The molecule has 2 aliphatic carbocycles. The first-order valence-corrected chi connectivity index (χ1v) is 15.9. The molecule has 0 aromatic heterocycles. The summed E-state index contributed by atoms with van der Waals surface area (Å²) in [7, 11) is 1.69. The zero-order chi connectivity index (χ0) is 30.1. The number of halogens is 1. The summed E-state index contributed by atoms with van der Waals surface area (Å²) >= 11 is 6.24. The molecule has 0 amide bonds. The molecule has 228 valence electrons. The molecule has 1 unspecified atom stereocenters. The fourth-order valence-electron chi connectivity index (χ4n) is 8.19. The molecule has 7 nitrogen and oxygen atoms in total. The molecule has 0 bridgehead atoms. The van der Waals surface area contributed by atoms with Crippen LogP contribution in [0.4, 0.5) is 0 Å². The smallest absolute Gasteiger partial charge is 0.190 e. The maximum absolute atomic E-state index is 9.16. The third-order valence-electron chi connectivity index (χ3n) is 10.3. The summed E-state index contributed by atoms with van der Waals surface area (Å²) in [5.41, 5.74) is 1.61. The van der Waals surface area contributed by atoms with E-state index in [-0.39, 0.29) is 29.2 Å². The predicted molar refractivity (Wildman–Crippen MR) is 168 cm³/mol. The Morgan fingerprint density at radius 3 is 2.48 bits per heavy atom. The van der Waals surface area contributed by atoms with E-state index in [4.69, 9.17) is 26.3 Å². The molecule has 1 spiro atoms. The van der Waals surface area contributed by atoms with Crippen LogP contribution in [0, 0.1) is 45.3 Å². The largest absolute Gasteiger partial charge is 0.489 e. The summed E-state index contributed by atoms with van der Waals surface area (Å²) in [5.74, 6) is 7.97. The first-order valence-electron chi connectivity index (χ1n) is 15.5. The van der Waals surface area contributed by atoms with Gasteiger partial charge < -0.3 is 25.4 Å². The van der Waals surface area contributed by atoms with Crippen molar-refractivity contribution in [2.24, 2.45) is 22.2 Å². The Balaban J connectivity index is 1.07. The lowest BCUT2D eigenvalue weighted by atomic mass is 9.49. The summed E-state index contributed by atoms with van der Waals surface area (Å²) in [6.07, 6.45) is 5.80. The van der Waals surface area contributed by atoms with Crippen LogP contribution in [0.3, 0.4) is 0 Å². The average molecular weight is 594 g/mol. The number of nitrogens with one attached hydrogen (secondary N) is 3. The normalized spacial score (nSPS) is 29.7. The fraction of sp³-hybridized carbons (Fsp3) is 0.676. The molecule has 0 radical (unpaired) electrons. The van der Waals surface area contributed by atoms with E-state index in [1.165, 1.54) is 58.3 Å². The second-order valence-electron chi connectivity index (χ2n) is 14.2. The summed E-state index contributed by atoms with van der Waals surface area (Å²) < 4.78 is 12.1. The Morgan fingerprint density at radius 2 is 1.90 bits per heavy atom. The molecule has 42 heavy (non-hydrogen) atoms. The summed E-state index contributed by atoms with van der Waals surface area (Å²) in [4.78, 5) is 2.75. The van der Waals surface area contributed by atoms with Gasteiger partial charge in [0, 0.05) is 79.3 Å². The Bertz CT molecular complexity index is 1230. The molecule has 3 N–H and O–H groups in total. The van der Waals surface area contributed by atoms with Crippen LogP contribution >= 0.6 is 11.6 Å². The van der Waals surface area contributed by atoms with Gasteiger partial charge in [-0.15, -0.1) is 0 Å². The molecule has 8 heteroatoms. The van der Waals surface area contributed by atoms with Gasteiger partial charge in [0.2, 0.25) is 0 Å². The number of nitriles is 1. The van der Waals surface area contributed by atoms with Crippen LogP contribution < -0.4 is 20.7 Å². The molecular formula is C34H48ClN5O2.